The van der Waals surface area contributed by atoms with E-state index in [0.717, 1.165) is 6.42 Å². The summed E-state index contributed by atoms with van der Waals surface area (Å²) in [6, 6.07) is 0. The maximum Gasteiger partial charge on any atom is 0.261 e. The molecule has 0 radical (unpaired) electrons. The molecular formula is C10H18F2O2. The number of halogens is 2. The van der Waals surface area contributed by atoms with Crippen LogP contribution in [-0.4, -0.2) is 30.3 Å². The molecule has 1 saturated carbocycles. The summed E-state index contributed by atoms with van der Waals surface area (Å²) in [6.07, 6.45) is -1.87. The first-order valence-corrected chi connectivity index (χ1v) is 5.08. The topological polar surface area (TPSA) is 29.5 Å². The Bertz CT molecular complexity index is 164. The zero-order valence-electron chi connectivity index (χ0n) is 8.62. The summed E-state index contributed by atoms with van der Waals surface area (Å²) in [4.78, 5) is 0. The molecule has 0 saturated heterocycles. The van der Waals surface area contributed by atoms with Crippen LogP contribution in [-0.2, 0) is 4.74 Å². The molecule has 1 aliphatic carbocycles. The smallest absolute Gasteiger partial charge is 0.261 e. The van der Waals surface area contributed by atoms with Crippen molar-refractivity contribution in [1.82, 2.24) is 0 Å². The van der Waals surface area contributed by atoms with Gasteiger partial charge in [0.1, 0.15) is 6.61 Å². The highest BCUT2D eigenvalue weighted by Crippen LogP contribution is 2.31. The largest absolute Gasteiger partial charge is 0.390 e. The van der Waals surface area contributed by atoms with Gasteiger partial charge in [0.15, 0.2) is 0 Å². The summed E-state index contributed by atoms with van der Waals surface area (Å²) in [5.41, 5.74) is 0. The van der Waals surface area contributed by atoms with Gasteiger partial charge in [-0.1, -0.05) is 13.8 Å². The molecule has 0 aromatic heterocycles. The maximum absolute atomic E-state index is 11.9. The van der Waals surface area contributed by atoms with Crippen molar-refractivity contribution in [2.75, 3.05) is 6.61 Å². The summed E-state index contributed by atoms with van der Waals surface area (Å²) >= 11 is 0. The van der Waals surface area contributed by atoms with Crippen LogP contribution in [0.4, 0.5) is 8.78 Å². The van der Waals surface area contributed by atoms with Gasteiger partial charge in [0, 0.05) is 0 Å². The Morgan fingerprint density at radius 3 is 2.50 bits per heavy atom. The van der Waals surface area contributed by atoms with E-state index in [-0.39, 0.29) is 5.92 Å². The first-order chi connectivity index (χ1) is 6.50. The lowest BCUT2D eigenvalue weighted by Crippen LogP contribution is -2.41. The molecule has 14 heavy (non-hydrogen) atoms. The molecule has 0 amide bonds. The van der Waals surface area contributed by atoms with E-state index < -0.39 is 25.2 Å². The number of rotatable bonds is 3. The van der Waals surface area contributed by atoms with Gasteiger partial charge < -0.3 is 9.84 Å². The van der Waals surface area contributed by atoms with Crippen molar-refractivity contribution >= 4 is 0 Å². The van der Waals surface area contributed by atoms with Crippen LogP contribution in [0.15, 0.2) is 0 Å². The van der Waals surface area contributed by atoms with E-state index in [1.54, 1.807) is 0 Å². The second kappa shape index (κ2) is 5.03. The van der Waals surface area contributed by atoms with Crippen molar-refractivity contribution < 1.29 is 18.6 Å². The molecule has 0 aliphatic heterocycles. The Morgan fingerprint density at radius 1 is 1.36 bits per heavy atom. The second-order valence-corrected chi connectivity index (χ2v) is 4.31. The Balaban J connectivity index is 2.41. The van der Waals surface area contributed by atoms with Crippen LogP contribution in [0.2, 0.25) is 0 Å². The fourth-order valence-electron chi connectivity index (χ4n) is 2.25. The molecule has 0 aromatic carbocycles. The molecule has 0 bridgehead atoms. The number of aliphatic hydroxyl groups is 1. The van der Waals surface area contributed by atoms with Gasteiger partial charge in [0.2, 0.25) is 0 Å². The fourth-order valence-corrected chi connectivity index (χ4v) is 2.25. The molecule has 1 aliphatic rings. The molecule has 1 N–H and O–H groups in total. The van der Waals surface area contributed by atoms with Crippen LogP contribution in [0.25, 0.3) is 0 Å². The number of aliphatic hydroxyl groups excluding tert-OH is 1. The quantitative estimate of drug-likeness (QED) is 0.769. The lowest BCUT2D eigenvalue weighted by atomic mass is 9.79. The van der Waals surface area contributed by atoms with E-state index in [2.05, 4.69) is 6.92 Å². The lowest BCUT2D eigenvalue weighted by molar-refractivity contribution is -0.119. The SMILES string of the molecule is CC1CC(C)C(OCC(F)F)C(O)C1. The minimum atomic E-state index is -2.45. The van der Waals surface area contributed by atoms with Crippen LogP contribution in [0.5, 0.6) is 0 Å². The Morgan fingerprint density at radius 2 is 2.00 bits per heavy atom. The summed E-state index contributed by atoms with van der Waals surface area (Å²) in [5, 5.41) is 9.65. The van der Waals surface area contributed by atoms with E-state index >= 15 is 0 Å². The van der Waals surface area contributed by atoms with Crippen molar-refractivity contribution in [2.24, 2.45) is 11.8 Å². The first-order valence-electron chi connectivity index (χ1n) is 5.08. The van der Waals surface area contributed by atoms with E-state index in [9.17, 15) is 13.9 Å². The molecule has 2 nitrogen and oxygen atoms in total. The predicted molar refractivity (Wildman–Crippen MR) is 49.3 cm³/mol. The number of ether oxygens (including phenoxy) is 1. The molecule has 1 fully saturated rings. The second-order valence-electron chi connectivity index (χ2n) is 4.31. The Hall–Kier alpha value is -0.220. The summed E-state index contributed by atoms with van der Waals surface area (Å²) in [6.45, 7) is 3.43. The van der Waals surface area contributed by atoms with Gasteiger partial charge in [-0.15, -0.1) is 0 Å². The van der Waals surface area contributed by atoms with Crippen molar-refractivity contribution in [2.45, 2.75) is 45.3 Å². The highest BCUT2D eigenvalue weighted by Gasteiger charge is 2.33. The molecule has 4 atom stereocenters. The van der Waals surface area contributed by atoms with Gasteiger partial charge in [-0.3, -0.25) is 0 Å². The summed E-state index contributed by atoms with van der Waals surface area (Å²) < 4.78 is 28.8. The standard InChI is InChI=1S/C10H18F2O2/c1-6-3-7(2)10(8(13)4-6)14-5-9(11)12/h6-10,13H,3-5H2,1-2H3. The minimum absolute atomic E-state index is 0.160. The normalized spacial score (nSPS) is 39.0. The van der Waals surface area contributed by atoms with Gasteiger partial charge in [0.25, 0.3) is 6.43 Å². The van der Waals surface area contributed by atoms with E-state index in [1.165, 1.54) is 0 Å². The fraction of sp³-hybridized carbons (Fsp3) is 1.00. The molecule has 0 spiro atoms. The minimum Gasteiger partial charge on any atom is -0.390 e. The zero-order chi connectivity index (χ0) is 10.7. The predicted octanol–water partition coefficient (Wildman–Crippen LogP) is 2.06. The highest BCUT2D eigenvalue weighted by molar-refractivity contribution is 4.83. The number of alkyl halides is 2. The van der Waals surface area contributed by atoms with Gasteiger partial charge in [-0.2, -0.15) is 0 Å². The van der Waals surface area contributed by atoms with Crippen LogP contribution in [0, 0.1) is 11.8 Å². The average Bonchev–Trinajstić information content (AvgIpc) is 2.01. The third kappa shape index (κ3) is 3.17. The van der Waals surface area contributed by atoms with Gasteiger partial charge in [-0.25, -0.2) is 8.78 Å². The zero-order valence-corrected chi connectivity index (χ0v) is 8.62. The van der Waals surface area contributed by atoms with E-state index in [1.807, 2.05) is 6.92 Å². The molecule has 4 unspecified atom stereocenters. The van der Waals surface area contributed by atoms with Crippen molar-refractivity contribution in [3.63, 3.8) is 0 Å². The van der Waals surface area contributed by atoms with E-state index in [4.69, 9.17) is 4.74 Å². The van der Waals surface area contributed by atoms with Crippen molar-refractivity contribution in [3.8, 4) is 0 Å². The number of hydrogen-bond donors (Lipinski definition) is 1. The van der Waals surface area contributed by atoms with Crippen LogP contribution < -0.4 is 0 Å². The molecule has 4 heteroatoms. The van der Waals surface area contributed by atoms with Crippen molar-refractivity contribution in [1.29, 1.82) is 0 Å². The monoisotopic (exact) mass is 208 g/mol. The first kappa shape index (κ1) is 11.9. The summed E-state index contributed by atoms with van der Waals surface area (Å²) in [5.74, 6) is 0.610. The highest BCUT2D eigenvalue weighted by atomic mass is 19.3. The third-order valence-corrected chi connectivity index (χ3v) is 2.77. The molecule has 0 heterocycles. The van der Waals surface area contributed by atoms with Crippen LogP contribution in [0.3, 0.4) is 0 Å². The van der Waals surface area contributed by atoms with Gasteiger partial charge >= 0.3 is 0 Å². The Kier molecular flexibility index (Phi) is 4.26. The summed E-state index contributed by atoms with van der Waals surface area (Å²) in [7, 11) is 0. The maximum atomic E-state index is 11.9. The average molecular weight is 208 g/mol. The van der Waals surface area contributed by atoms with Crippen LogP contribution >= 0.6 is 0 Å². The van der Waals surface area contributed by atoms with Gasteiger partial charge in [0.05, 0.1) is 12.2 Å². The van der Waals surface area contributed by atoms with E-state index in [0.29, 0.717) is 12.3 Å². The van der Waals surface area contributed by atoms with Gasteiger partial charge in [-0.05, 0) is 24.7 Å². The number of hydrogen-bond acceptors (Lipinski definition) is 2. The lowest BCUT2D eigenvalue weighted by Gasteiger charge is -2.36. The van der Waals surface area contributed by atoms with Crippen LogP contribution in [0.1, 0.15) is 26.7 Å². The third-order valence-electron chi connectivity index (χ3n) is 2.77. The molecule has 84 valence electrons. The van der Waals surface area contributed by atoms with Crippen molar-refractivity contribution in [3.05, 3.63) is 0 Å². The molecular weight excluding hydrogens is 190 g/mol. The molecule has 0 aromatic rings. The Labute approximate surface area is 83.3 Å². The molecule has 1 rings (SSSR count).